The maximum atomic E-state index is 9.11. The molecule has 0 bridgehead atoms. The Balaban J connectivity index is 2.11. The number of hydrogen-bond donors (Lipinski definition) is 2. The van der Waals surface area contributed by atoms with E-state index in [1.807, 2.05) is 30.3 Å². The Bertz CT molecular complexity index is 517. The maximum Gasteiger partial charge on any atom is 0.488 e. The number of rotatable bonds is 4. The van der Waals surface area contributed by atoms with Crippen molar-refractivity contribution in [2.24, 2.45) is 0 Å². The third kappa shape index (κ3) is 3.35. The van der Waals surface area contributed by atoms with E-state index >= 15 is 0 Å². The Morgan fingerprint density at radius 1 is 1.06 bits per heavy atom. The molecule has 3 nitrogen and oxygen atoms in total. The fraction of sp³-hybridized carbons (Fsp3) is 0.0769. The Morgan fingerprint density at radius 3 is 2.44 bits per heavy atom. The molecule has 0 radical (unpaired) electrons. The molecule has 2 aromatic rings. The van der Waals surface area contributed by atoms with Crippen molar-refractivity contribution >= 4 is 28.5 Å². The van der Waals surface area contributed by atoms with Gasteiger partial charge < -0.3 is 14.8 Å². The Kier molecular flexibility index (Phi) is 4.41. The van der Waals surface area contributed by atoms with Crippen LogP contribution in [0.15, 0.2) is 53.0 Å². The Labute approximate surface area is 114 Å². The summed E-state index contributed by atoms with van der Waals surface area (Å²) < 4.78 is 6.42. The average Bonchev–Trinajstić information content (AvgIpc) is 2.38. The van der Waals surface area contributed by atoms with Crippen molar-refractivity contribution in [2.45, 2.75) is 6.61 Å². The molecule has 2 rings (SSSR count). The van der Waals surface area contributed by atoms with E-state index in [0.717, 1.165) is 10.0 Å². The first-order valence-corrected chi connectivity index (χ1v) is 6.28. The summed E-state index contributed by atoms with van der Waals surface area (Å²) in [7, 11) is -1.49. The fourth-order valence-corrected chi connectivity index (χ4v) is 1.89. The molecule has 0 saturated heterocycles. The van der Waals surface area contributed by atoms with Gasteiger partial charge >= 0.3 is 7.12 Å². The number of ether oxygens (including phenoxy) is 1. The van der Waals surface area contributed by atoms with E-state index in [9.17, 15) is 0 Å². The van der Waals surface area contributed by atoms with E-state index in [4.69, 9.17) is 14.8 Å². The molecule has 0 aliphatic rings. The molecular formula is C13H12BBrO3. The van der Waals surface area contributed by atoms with Gasteiger partial charge in [-0.2, -0.15) is 0 Å². The molecular weight excluding hydrogens is 295 g/mol. The zero-order valence-electron chi connectivity index (χ0n) is 9.58. The summed E-state index contributed by atoms with van der Waals surface area (Å²) in [5.74, 6) is 0.587. The van der Waals surface area contributed by atoms with Gasteiger partial charge in [-0.15, -0.1) is 0 Å². The summed E-state index contributed by atoms with van der Waals surface area (Å²) in [5.41, 5.74) is 1.46. The summed E-state index contributed by atoms with van der Waals surface area (Å²) >= 11 is 3.36. The molecule has 5 heteroatoms. The molecule has 2 N–H and O–H groups in total. The second-order valence-corrected chi connectivity index (χ2v) is 4.69. The van der Waals surface area contributed by atoms with Crippen molar-refractivity contribution in [1.29, 1.82) is 0 Å². The second kappa shape index (κ2) is 6.04. The first-order chi connectivity index (χ1) is 8.66. The van der Waals surface area contributed by atoms with Gasteiger partial charge in [0.2, 0.25) is 0 Å². The van der Waals surface area contributed by atoms with Crippen LogP contribution < -0.4 is 10.2 Å². The van der Waals surface area contributed by atoms with Gasteiger partial charge in [-0.3, -0.25) is 0 Å². The Hall–Kier alpha value is -1.30. The van der Waals surface area contributed by atoms with E-state index < -0.39 is 7.12 Å². The smallest absolute Gasteiger partial charge is 0.488 e. The van der Waals surface area contributed by atoms with Crippen molar-refractivity contribution in [3.8, 4) is 5.75 Å². The minimum absolute atomic E-state index is 0.404. The highest BCUT2D eigenvalue weighted by molar-refractivity contribution is 9.10. The third-order valence-electron chi connectivity index (χ3n) is 2.49. The van der Waals surface area contributed by atoms with Gasteiger partial charge in [-0.1, -0.05) is 36.4 Å². The van der Waals surface area contributed by atoms with Crippen LogP contribution in [0.5, 0.6) is 5.75 Å². The highest BCUT2D eigenvalue weighted by Gasteiger charge is 2.13. The van der Waals surface area contributed by atoms with Crippen molar-refractivity contribution in [3.05, 3.63) is 58.6 Å². The second-order valence-electron chi connectivity index (χ2n) is 3.84. The maximum absolute atomic E-state index is 9.11. The average molecular weight is 307 g/mol. The molecule has 0 amide bonds. The van der Waals surface area contributed by atoms with Gasteiger partial charge in [0.1, 0.15) is 12.4 Å². The van der Waals surface area contributed by atoms with E-state index in [2.05, 4.69) is 15.9 Å². The molecule has 0 aliphatic carbocycles. The predicted molar refractivity (Wildman–Crippen MR) is 74.7 cm³/mol. The first-order valence-electron chi connectivity index (χ1n) is 5.49. The van der Waals surface area contributed by atoms with Crippen LogP contribution in [0.3, 0.4) is 0 Å². The van der Waals surface area contributed by atoms with Crippen LogP contribution in [-0.4, -0.2) is 17.2 Å². The lowest BCUT2D eigenvalue weighted by Crippen LogP contribution is -2.29. The number of hydrogen-bond acceptors (Lipinski definition) is 3. The summed E-state index contributed by atoms with van der Waals surface area (Å²) in [6.45, 7) is 0.435. The van der Waals surface area contributed by atoms with Crippen LogP contribution in [0, 0.1) is 0 Å². The third-order valence-corrected chi connectivity index (χ3v) is 3.15. The van der Waals surface area contributed by atoms with Gasteiger partial charge in [-0.25, -0.2) is 0 Å². The molecule has 92 valence electrons. The predicted octanol–water partition coefficient (Wildman–Crippen LogP) is 1.71. The van der Waals surface area contributed by atoms with Crippen molar-refractivity contribution in [1.82, 2.24) is 0 Å². The minimum atomic E-state index is -1.49. The lowest BCUT2D eigenvalue weighted by Gasteiger charge is -2.10. The topological polar surface area (TPSA) is 49.7 Å². The normalized spacial score (nSPS) is 10.2. The zero-order chi connectivity index (χ0) is 13.0. The zero-order valence-corrected chi connectivity index (χ0v) is 11.2. The molecule has 0 fully saturated rings. The summed E-state index contributed by atoms with van der Waals surface area (Å²) in [4.78, 5) is 0. The molecule has 0 aromatic heterocycles. The summed E-state index contributed by atoms with van der Waals surface area (Å²) in [5, 5.41) is 18.2. The SMILES string of the molecule is OB(O)c1ccc(Br)c(OCc2ccccc2)c1. The highest BCUT2D eigenvalue weighted by atomic mass is 79.9. The summed E-state index contributed by atoms with van der Waals surface area (Å²) in [6.07, 6.45) is 0. The standard InChI is InChI=1S/C13H12BBrO3/c15-12-7-6-11(14(16)17)8-13(12)18-9-10-4-2-1-3-5-10/h1-8,16-17H,9H2. The van der Waals surface area contributed by atoms with Gasteiger partial charge in [0.15, 0.2) is 0 Å². The lowest BCUT2D eigenvalue weighted by molar-refractivity contribution is 0.304. The van der Waals surface area contributed by atoms with E-state index in [0.29, 0.717) is 17.8 Å². The van der Waals surface area contributed by atoms with Gasteiger partial charge in [-0.05, 0) is 39.1 Å². The van der Waals surface area contributed by atoms with Gasteiger partial charge in [0.25, 0.3) is 0 Å². The van der Waals surface area contributed by atoms with Crippen LogP contribution in [0.2, 0.25) is 0 Å². The molecule has 0 atom stereocenters. The van der Waals surface area contributed by atoms with Crippen LogP contribution in [0.1, 0.15) is 5.56 Å². The molecule has 2 aromatic carbocycles. The molecule has 0 spiro atoms. The van der Waals surface area contributed by atoms with Crippen molar-refractivity contribution in [3.63, 3.8) is 0 Å². The Morgan fingerprint density at radius 2 is 1.78 bits per heavy atom. The minimum Gasteiger partial charge on any atom is -0.488 e. The molecule has 0 saturated carbocycles. The molecule has 0 unspecified atom stereocenters. The molecule has 0 aliphatic heterocycles. The van der Waals surface area contributed by atoms with Gasteiger partial charge in [0, 0.05) is 0 Å². The molecule has 18 heavy (non-hydrogen) atoms. The van der Waals surface area contributed by atoms with Crippen LogP contribution >= 0.6 is 15.9 Å². The van der Waals surface area contributed by atoms with Crippen molar-refractivity contribution in [2.75, 3.05) is 0 Å². The van der Waals surface area contributed by atoms with E-state index in [1.165, 1.54) is 0 Å². The quantitative estimate of drug-likeness (QED) is 0.846. The van der Waals surface area contributed by atoms with Crippen molar-refractivity contribution < 1.29 is 14.8 Å². The lowest BCUT2D eigenvalue weighted by atomic mass is 9.80. The van der Waals surface area contributed by atoms with E-state index in [-0.39, 0.29) is 0 Å². The van der Waals surface area contributed by atoms with Crippen LogP contribution in [0.4, 0.5) is 0 Å². The van der Waals surface area contributed by atoms with Crippen LogP contribution in [-0.2, 0) is 6.61 Å². The van der Waals surface area contributed by atoms with E-state index in [1.54, 1.807) is 18.2 Å². The number of benzene rings is 2. The summed E-state index contributed by atoms with van der Waals surface area (Å²) in [6, 6.07) is 14.7. The monoisotopic (exact) mass is 306 g/mol. The largest absolute Gasteiger partial charge is 0.488 e. The van der Waals surface area contributed by atoms with Gasteiger partial charge in [0.05, 0.1) is 4.47 Å². The number of halogens is 1. The highest BCUT2D eigenvalue weighted by Crippen LogP contribution is 2.24. The fourth-order valence-electron chi connectivity index (χ4n) is 1.53. The first kappa shape index (κ1) is 13.1. The molecule has 0 heterocycles. The van der Waals surface area contributed by atoms with Crippen LogP contribution in [0.25, 0.3) is 0 Å².